The first-order valence-electron chi connectivity index (χ1n) is 4.71. The Bertz CT molecular complexity index is 186. The summed E-state index contributed by atoms with van der Waals surface area (Å²) >= 11 is 5.15. The molecule has 14 heavy (non-hydrogen) atoms. The second-order valence-electron chi connectivity index (χ2n) is 4.68. The number of hydrogen-bond acceptors (Lipinski definition) is 3. The smallest absolute Gasteiger partial charge is 0.183 e. The first kappa shape index (κ1) is 13.6. The molecule has 4 nitrogen and oxygen atoms in total. The van der Waals surface area contributed by atoms with Crippen molar-refractivity contribution in [2.75, 3.05) is 27.2 Å². The summed E-state index contributed by atoms with van der Waals surface area (Å²) < 4.78 is 0. The molecule has 0 aromatic carbocycles. The van der Waals surface area contributed by atoms with Crippen LogP contribution in [0.4, 0.5) is 0 Å². The van der Waals surface area contributed by atoms with Gasteiger partial charge in [0.2, 0.25) is 0 Å². The third-order valence-electron chi connectivity index (χ3n) is 1.53. The van der Waals surface area contributed by atoms with Crippen LogP contribution in [0.3, 0.4) is 0 Å². The minimum atomic E-state index is -0.0349. The van der Waals surface area contributed by atoms with Gasteiger partial charge < -0.3 is 10.2 Å². The van der Waals surface area contributed by atoms with Gasteiger partial charge in [-0.2, -0.15) is 0 Å². The Labute approximate surface area is 92.4 Å². The second kappa shape index (κ2) is 5.48. The molecule has 0 aromatic heterocycles. The molecule has 0 rings (SSSR count). The molecule has 84 valence electrons. The molecule has 0 aliphatic rings. The number of thiocarbonyl (C=S) groups is 1. The molecule has 0 bridgehead atoms. The average Bonchev–Trinajstić information content (AvgIpc) is 1.96. The molecule has 0 spiro atoms. The van der Waals surface area contributed by atoms with Crippen molar-refractivity contribution in [2.45, 2.75) is 26.3 Å². The Hall–Kier alpha value is -0.390. The summed E-state index contributed by atoms with van der Waals surface area (Å²) in [6, 6.07) is 0. The van der Waals surface area contributed by atoms with E-state index in [-0.39, 0.29) is 5.54 Å². The number of nitrogens with one attached hydrogen (secondary N) is 1. The lowest BCUT2D eigenvalue weighted by molar-refractivity contribution is 0.326. The van der Waals surface area contributed by atoms with Crippen LogP contribution in [0.15, 0.2) is 0 Å². The van der Waals surface area contributed by atoms with Gasteiger partial charge in [0.15, 0.2) is 5.11 Å². The number of nitrogens with two attached hydrogens (primary N) is 1. The van der Waals surface area contributed by atoms with Gasteiger partial charge in [0.05, 0.1) is 0 Å². The SMILES string of the molecule is CN(C)CCN(N)C(=S)NC(C)(C)C. The topological polar surface area (TPSA) is 44.5 Å². The van der Waals surface area contributed by atoms with Crippen LogP contribution < -0.4 is 11.2 Å². The fourth-order valence-corrected chi connectivity index (χ4v) is 1.20. The highest BCUT2D eigenvalue weighted by molar-refractivity contribution is 7.80. The fraction of sp³-hybridized carbons (Fsp3) is 0.889. The Kier molecular flexibility index (Phi) is 5.33. The van der Waals surface area contributed by atoms with Crippen molar-refractivity contribution < 1.29 is 0 Å². The van der Waals surface area contributed by atoms with Crippen molar-refractivity contribution in [3.8, 4) is 0 Å². The molecule has 0 amide bonds. The van der Waals surface area contributed by atoms with Crippen molar-refractivity contribution >= 4 is 17.3 Å². The number of likely N-dealkylation sites (N-methyl/N-ethyl adjacent to an activating group) is 1. The highest BCUT2D eigenvalue weighted by atomic mass is 32.1. The summed E-state index contributed by atoms with van der Waals surface area (Å²) in [6.45, 7) is 7.79. The van der Waals surface area contributed by atoms with Crippen molar-refractivity contribution in [1.82, 2.24) is 15.2 Å². The van der Waals surface area contributed by atoms with E-state index in [9.17, 15) is 0 Å². The number of hydrazine groups is 1. The van der Waals surface area contributed by atoms with Crippen LogP contribution in [-0.4, -0.2) is 47.7 Å². The molecular formula is C9H22N4S. The van der Waals surface area contributed by atoms with Gasteiger partial charge in [0.1, 0.15) is 0 Å². The van der Waals surface area contributed by atoms with E-state index in [1.54, 1.807) is 5.01 Å². The largest absolute Gasteiger partial charge is 0.357 e. The van der Waals surface area contributed by atoms with Crippen LogP contribution in [0.2, 0.25) is 0 Å². The molecule has 0 radical (unpaired) electrons. The summed E-state index contributed by atoms with van der Waals surface area (Å²) in [5.74, 6) is 5.78. The quantitative estimate of drug-likeness (QED) is 0.408. The normalized spacial score (nSPS) is 11.6. The molecule has 5 heteroatoms. The van der Waals surface area contributed by atoms with Gasteiger partial charge >= 0.3 is 0 Å². The monoisotopic (exact) mass is 218 g/mol. The van der Waals surface area contributed by atoms with E-state index in [1.165, 1.54) is 0 Å². The molecule has 0 atom stereocenters. The van der Waals surface area contributed by atoms with E-state index in [2.05, 4.69) is 31.0 Å². The van der Waals surface area contributed by atoms with E-state index >= 15 is 0 Å². The number of hydrogen-bond donors (Lipinski definition) is 2. The summed E-state index contributed by atoms with van der Waals surface area (Å²) in [7, 11) is 4.02. The first-order chi connectivity index (χ1) is 6.22. The van der Waals surface area contributed by atoms with Crippen LogP contribution in [-0.2, 0) is 0 Å². The zero-order chi connectivity index (χ0) is 11.4. The Balaban J connectivity index is 3.88. The Morgan fingerprint density at radius 1 is 1.29 bits per heavy atom. The third-order valence-corrected chi connectivity index (χ3v) is 1.87. The summed E-state index contributed by atoms with van der Waals surface area (Å²) in [5.41, 5.74) is -0.0349. The summed E-state index contributed by atoms with van der Waals surface area (Å²) in [4.78, 5) is 2.07. The van der Waals surface area contributed by atoms with Gasteiger partial charge in [-0.3, -0.25) is 5.01 Å². The van der Waals surface area contributed by atoms with Crippen molar-refractivity contribution in [2.24, 2.45) is 5.84 Å². The lowest BCUT2D eigenvalue weighted by Crippen LogP contribution is -2.52. The van der Waals surface area contributed by atoms with Crippen molar-refractivity contribution in [3.63, 3.8) is 0 Å². The standard InChI is InChI=1S/C9H22N4S/c1-9(2,3)11-8(14)13(10)7-6-12(4)5/h6-7,10H2,1-5H3,(H,11,14). The molecule has 0 saturated carbocycles. The van der Waals surface area contributed by atoms with E-state index in [0.29, 0.717) is 5.11 Å². The first-order valence-corrected chi connectivity index (χ1v) is 5.12. The molecule has 0 unspecified atom stereocenters. The third kappa shape index (κ3) is 7.06. The average molecular weight is 218 g/mol. The van der Waals surface area contributed by atoms with E-state index in [1.807, 2.05) is 14.1 Å². The van der Waals surface area contributed by atoms with E-state index in [4.69, 9.17) is 18.1 Å². The minimum Gasteiger partial charge on any atom is -0.357 e. The predicted octanol–water partition coefficient (Wildman–Crippen LogP) is 0.397. The zero-order valence-corrected chi connectivity index (χ0v) is 10.6. The molecule has 0 fully saturated rings. The van der Waals surface area contributed by atoms with E-state index in [0.717, 1.165) is 13.1 Å². The van der Waals surface area contributed by atoms with Crippen LogP contribution in [0, 0.1) is 0 Å². The maximum atomic E-state index is 5.78. The molecule has 0 aliphatic carbocycles. The lowest BCUT2D eigenvalue weighted by Gasteiger charge is -2.28. The van der Waals surface area contributed by atoms with E-state index < -0.39 is 0 Å². The molecule has 0 saturated heterocycles. The van der Waals surface area contributed by atoms with Crippen molar-refractivity contribution in [3.05, 3.63) is 0 Å². The van der Waals surface area contributed by atoms with Gasteiger partial charge in [0.25, 0.3) is 0 Å². The molecule has 0 aliphatic heterocycles. The van der Waals surface area contributed by atoms with Crippen molar-refractivity contribution in [1.29, 1.82) is 0 Å². The fourth-order valence-electron chi connectivity index (χ4n) is 0.802. The Morgan fingerprint density at radius 3 is 2.14 bits per heavy atom. The van der Waals surface area contributed by atoms with Gasteiger partial charge in [0, 0.05) is 18.6 Å². The molecule has 0 aromatic rings. The maximum absolute atomic E-state index is 5.78. The van der Waals surface area contributed by atoms with Crippen LogP contribution in [0.1, 0.15) is 20.8 Å². The molecule has 0 heterocycles. The highest BCUT2D eigenvalue weighted by Gasteiger charge is 2.13. The van der Waals surface area contributed by atoms with Gasteiger partial charge in [-0.25, -0.2) is 5.84 Å². The molecular weight excluding hydrogens is 196 g/mol. The minimum absolute atomic E-state index is 0.0349. The number of nitrogens with zero attached hydrogens (tertiary/aromatic N) is 2. The number of rotatable bonds is 3. The van der Waals surface area contributed by atoms with Gasteiger partial charge in [-0.1, -0.05) is 0 Å². The summed E-state index contributed by atoms with van der Waals surface area (Å²) in [6.07, 6.45) is 0. The highest BCUT2D eigenvalue weighted by Crippen LogP contribution is 1.99. The van der Waals surface area contributed by atoms with Gasteiger partial charge in [-0.15, -0.1) is 0 Å². The van der Waals surface area contributed by atoms with Crippen LogP contribution in [0.5, 0.6) is 0 Å². The lowest BCUT2D eigenvalue weighted by atomic mass is 10.1. The zero-order valence-electron chi connectivity index (χ0n) is 9.79. The van der Waals surface area contributed by atoms with Gasteiger partial charge in [-0.05, 0) is 47.1 Å². The Morgan fingerprint density at radius 2 is 1.79 bits per heavy atom. The second-order valence-corrected chi connectivity index (χ2v) is 5.06. The predicted molar refractivity (Wildman–Crippen MR) is 64.9 cm³/mol. The van der Waals surface area contributed by atoms with Crippen LogP contribution in [0.25, 0.3) is 0 Å². The molecule has 3 N–H and O–H groups in total. The maximum Gasteiger partial charge on any atom is 0.183 e. The summed E-state index contributed by atoms with van der Waals surface area (Å²) in [5, 5.41) is 5.32. The van der Waals surface area contributed by atoms with Crippen LogP contribution >= 0.6 is 12.2 Å².